The second kappa shape index (κ2) is 8.67. The van der Waals surface area contributed by atoms with Crippen LogP contribution in [0.2, 0.25) is 0 Å². The standard InChI is InChI=1S/C19H20F3NO2/c1-12(13-6-4-3-5-7-13)23-16(11-18(24)25-2)9-14-8-15(20)10-17(21)19(14)22/h3-8,10,12,16,23H,9,11H2,1-2H3/t12-,16-/m1/s1. The lowest BCUT2D eigenvalue weighted by Gasteiger charge is -2.23. The van der Waals surface area contributed by atoms with E-state index in [-0.39, 0.29) is 24.4 Å². The van der Waals surface area contributed by atoms with E-state index in [0.29, 0.717) is 6.07 Å². The molecule has 0 spiro atoms. The molecular formula is C19H20F3NO2. The van der Waals surface area contributed by atoms with Crippen LogP contribution in [0.15, 0.2) is 42.5 Å². The first-order valence-corrected chi connectivity index (χ1v) is 7.92. The molecule has 0 fully saturated rings. The maximum atomic E-state index is 13.9. The van der Waals surface area contributed by atoms with Crippen molar-refractivity contribution < 1.29 is 22.7 Å². The molecule has 2 aromatic carbocycles. The zero-order chi connectivity index (χ0) is 18.4. The van der Waals surface area contributed by atoms with Crippen LogP contribution >= 0.6 is 0 Å². The molecule has 2 aromatic rings. The van der Waals surface area contributed by atoms with Crippen molar-refractivity contribution in [2.45, 2.75) is 31.8 Å². The molecule has 0 amide bonds. The summed E-state index contributed by atoms with van der Waals surface area (Å²) in [5, 5.41) is 3.20. The highest BCUT2D eigenvalue weighted by Gasteiger charge is 2.21. The second-order valence-corrected chi connectivity index (χ2v) is 5.84. The number of ether oxygens (including phenoxy) is 1. The molecule has 0 heterocycles. The summed E-state index contributed by atoms with van der Waals surface area (Å²) in [6.45, 7) is 1.89. The van der Waals surface area contributed by atoms with Gasteiger partial charge >= 0.3 is 5.97 Å². The average molecular weight is 351 g/mol. The molecule has 0 aliphatic heterocycles. The second-order valence-electron chi connectivity index (χ2n) is 5.84. The smallest absolute Gasteiger partial charge is 0.307 e. The summed E-state index contributed by atoms with van der Waals surface area (Å²) in [5.41, 5.74) is 0.849. The number of benzene rings is 2. The van der Waals surface area contributed by atoms with E-state index in [0.717, 1.165) is 11.6 Å². The van der Waals surface area contributed by atoms with E-state index in [1.54, 1.807) is 0 Å². The lowest BCUT2D eigenvalue weighted by Crippen LogP contribution is -2.36. The molecule has 134 valence electrons. The molecule has 25 heavy (non-hydrogen) atoms. The van der Waals surface area contributed by atoms with Crippen LogP contribution in [0.3, 0.4) is 0 Å². The summed E-state index contributed by atoms with van der Waals surface area (Å²) >= 11 is 0. The lowest BCUT2D eigenvalue weighted by atomic mass is 10.00. The van der Waals surface area contributed by atoms with Crippen LogP contribution in [0.1, 0.15) is 30.5 Å². The number of hydrogen-bond donors (Lipinski definition) is 1. The number of esters is 1. The molecule has 3 nitrogen and oxygen atoms in total. The molecule has 6 heteroatoms. The summed E-state index contributed by atoms with van der Waals surface area (Å²) in [4.78, 5) is 11.6. The van der Waals surface area contributed by atoms with Crippen molar-refractivity contribution in [2.75, 3.05) is 7.11 Å². The molecule has 2 rings (SSSR count). The molecule has 0 radical (unpaired) electrons. The van der Waals surface area contributed by atoms with Crippen LogP contribution in [-0.4, -0.2) is 19.1 Å². The predicted octanol–water partition coefficient (Wildman–Crippen LogP) is 3.93. The molecule has 0 aromatic heterocycles. The highest BCUT2D eigenvalue weighted by Crippen LogP contribution is 2.19. The zero-order valence-electron chi connectivity index (χ0n) is 14.1. The summed E-state index contributed by atoms with van der Waals surface area (Å²) in [5.74, 6) is -3.70. The van der Waals surface area contributed by atoms with Gasteiger partial charge in [-0.1, -0.05) is 30.3 Å². The van der Waals surface area contributed by atoms with Gasteiger partial charge in [0.2, 0.25) is 0 Å². The fourth-order valence-electron chi connectivity index (χ4n) is 2.69. The van der Waals surface area contributed by atoms with E-state index in [9.17, 15) is 18.0 Å². The maximum Gasteiger partial charge on any atom is 0.307 e. The van der Waals surface area contributed by atoms with Crippen molar-refractivity contribution in [3.8, 4) is 0 Å². The number of nitrogens with one attached hydrogen (secondary N) is 1. The fourth-order valence-corrected chi connectivity index (χ4v) is 2.69. The first-order valence-electron chi connectivity index (χ1n) is 7.92. The maximum absolute atomic E-state index is 13.9. The number of halogens is 3. The Morgan fingerprint density at radius 3 is 2.48 bits per heavy atom. The molecule has 0 saturated heterocycles. The Morgan fingerprint density at radius 2 is 1.84 bits per heavy atom. The van der Waals surface area contributed by atoms with Crippen LogP contribution in [0.5, 0.6) is 0 Å². The van der Waals surface area contributed by atoms with Gasteiger partial charge in [-0.25, -0.2) is 13.2 Å². The molecule has 0 aliphatic carbocycles. The van der Waals surface area contributed by atoms with E-state index in [4.69, 9.17) is 0 Å². The number of rotatable bonds is 7. The Morgan fingerprint density at radius 1 is 1.16 bits per heavy atom. The first-order chi connectivity index (χ1) is 11.9. The number of carbonyl (C=O) groups excluding carboxylic acids is 1. The normalized spacial score (nSPS) is 13.3. The Kier molecular flexibility index (Phi) is 6.58. The van der Waals surface area contributed by atoms with E-state index < -0.39 is 29.5 Å². The van der Waals surface area contributed by atoms with E-state index >= 15 is 0 Å². The van der Waals surface area contributed by atoms with Gasteiger partial charge in [0.15, 0.2) is 11.6 Å². The van der Waals surface area contributed by atoms with Crippen molar-refractivity contribution in [2.24, 2.45) is 0 Å². The molecule has 1 N–H and O–H groups in total. The number of carbonyl (C=O) groups is 1. The van der Waals surface area contributed by atoms with Gasteiger partial charge in [0.05, 0.1) is 13.5 Å². The van der Waals surface area contributed by atoms with Gasteiger partial charge in [0.1, 0.15) is 5.82 Å². The minimum absolute atomic E-state index is 0.0488. The lowest BCUT2D eigenvalue weighted by molar-refractivity contribution is -0.141. The van der Waals surface area contributed by atoms with Gasteiger partial charge in [-0.2, -0.15) is 0 Å². The minimum atomic E-state index is -1.25. The zero-order valence-corrected chi connectivity index (χ0v) is 14.1. The third-order valence-corrected chi connectivity index (χ3v) is 3.96. The van der Waals surface area contributed by atoms with Gasteiger partial charge in [-0.05, 0) is 30.5 Å². The molecular weight excluding hydrogens is 331 g/mol. The van der Waals surface area contributed by atoms with Crippen molar-refractivity contribution >= 4 is 5.97 Å². The summed E-state index contributed by atoms with van der Waals surface area (Å²) in [6, 6.07) is 10.2. The largest absolute Gasteiger partial charge is 0.469 e. The van der Waals surface area contributed by atoms with E-state index in [2.05, 4.69) is 10.1 Å². The van der Waals surface area contributed by atoms with Crippen molar-refractivity contribution in [3.05, 3.63) is 71.0 Å². The Balaban J connectivity index is 2.20. The summed E-state index contributed by atoms with van der Waals surface area (Å²) < 4.78 is 45.4. The first kappa shape index (κ1) is 19.0. The minimum Gasteiger partial charge on any atom is -0.469 e. The SMILES string of the molecule is COC(=O)C[C@@H](Cc1cc(F)cc(F)c1F)N[C@H](C)c1ccccc1. The predicted molar refractivity (Wildman–Crippen MR) is 88.4 cm³/mol. The van der Waals surface area contributed by atoms with Gasteiger partial charge in [-0.3, -0.25) is 4.79 Å². The number of hydrogen-bond acceptors (Lipinski definition) is 3. The topological polar surface area (TPSA) is 38.3 Å². The summed E-state index contributed by atoms with van der Waals surface area (Å²) in [6.07, 6.45) is -0.0992. The third kappa shape index (κ3) is 5.32. The Hall–Kier alpha value is -2.34. The molecule has 0 aliphatic rings. The van der Waals surface area contributed by atoms with Gasteiger partial charge < -0.3 is 10.1 Å². The van der Waals surface area contributed by atoms with Crippen LogP contribution < -0.4 is 5.32 Å². The fraction of sp³-hybridized carbons (Fsp3) is 0.316. The highest BCUT2D eigenvalue weighted by molar-refractivity contribution is 5.70. The quantitative estimate of drug-likeness (QED) is 0.607. The average Bonchev–Trinajstić information content (AvgIpc) is 2.59. The van der Waals surface area contributed by atoms with Crippen LogP contribution in [0.25, 0.3) is 0 Å². The van der Waals surface area contributed by atoms with Crippen molar-refractivity contribution in [1.29, 1.82) is 0 Å². The monoisotopic (exact) mass is 351 g/mol. The van der Waals surface area contributed by atoms with Crippen molar-refractivity contribution in [1.82, 2.24) is 5.32 Å². The highest BCUT2D eigenvalue weighted by atomic mass is 19.2. The van der Waals surface area contributed by atoms with Crippen LogP contribution in [0.4, 0.5) is 13.2 Å². The van der Waals surface area contributed by atoms with E-state index in [1.807, 2.05) is 37.3 Å². The van der Waals surface area contributed by atoms with Gasteiger partial charge in [0, 0.05) is 18.2 Å². The molecule has 0 unspecified atom stereocenters. The Labute approximate surface area is 144 Å². The molecule has 2 atom stereocenters. The third-order valence-electron chi connectivity index (χ3n) is 3.96. The van der Waals surface area contributed by atoms with Gasteiger partial charge in [0.25, 0.3) is 0 Å². The van der Waals surface area contributed by atoms with E-state index in [1.165, 1.54) is 7.11 Å². The van der Waals surface area contributed by atoms with Crippen molar-refractivity contribution in [3.63, 3.8) is 0 Å². The van der Waals surface area contributed by atoms with Crippen LogP contribution in [0, 0.1) is 17.5 Å². The van der Waals surface area contributed by atoms with Crippen LogP contribution in [-0.2, 0) is 16.0 Å². The summed E-state index contributed by atoms with van der Waals surface area (Å²) in [7, 11) is 1.25. The molecule has 0 bridgehead atoms. The number of methoxy groups -OCH3 is 1. The van der Waals surface area contributed by atoms with Gasteiger partial charge in [-0.15, -0.1) is 0 Å². The molecule has 0 saturated carbocycles. The Bertz CT molecular complexity index is 722.